The van der Waals surface area contributed by atoms with Crippen molar-refractivity contribution < 1.29 is 19.1 Å². The molecule has 1 radical (unpaired) electrons. The van der Waals surface area contributed by atoms with Crippen LogP contribution in [0, 0.1) is 6.42 Å². The highest BCUT2D eigenvalue weighted by atomic mass is 16.5. The molecule has 20 heavy (non-hydrogen) atoms. The van der Waals surface area contributed by atoms with Crippen LogP contribution in [0.25, 0.3) is 0 Å². The standard InChI is InChI=1S/C15H20NO4/c1-2-19-14(17)9-6-11-16-15(18)20-12-10-13-7-4-3-5-8-13/h3-5,7-9H,2,6,10-12H2,1H3,(H,16,18). The van der Waals surface area contributed by atoms with Crippen LogP contribution < -0.4 is 5.32 Å². The van der Waals surface area contributed by atoms with Gasteiger partial charge in [0.2, 0.25) is 0 Å². The second kappa shape index (κ2) is 9.83. The van der Waals surface area contributed by atoms with Gasteiger partial charge in [-0.25, -0.2) is 4.79 Å². The van der Waals surface area contributed by atoms with Crippen molar-refractivity contribution in [2.75, 3.05) is 19.8 Å². The fourth-order valence-corrected chi connectivity index (χ4v) is 1.52. The van der Waals surface area contributed by atoms with Crippen LogP contribution in [0.5, 0.6) is 0 Å². The number of hydrogen-bond donors (Lipinski definition) is 1. The van der Waals surface area contributed by atoms with E-state index in [-0.39, 0.29) is 5.97 Å². The number of carbonyl (C=O) groups excluding carboxylic acids is 2. The van der Waals surface area contributed by atoms with Crippen LogP contribution >= 0.6 is 0 Å². The van der Waals surface area contributed by atoms with Crippen LogP contribution in [0.1, 0.15) is 18.9 Å². The molecular formula is C15H20NO4. The molecule has 0 heterocycles. The first-order chi connectivity index (χ1) is 9.72. The summed E-state index contributed by atoms with van der Waals surface area (Å²) in [5.41, 5.74) is 1.12. The summed E-state index contributed by atoms with van der Waals surface area (Å²) < 4.78 is 9.74. The van der Waals surface area contributed by atoms with Gasteiger partial charge in [0.15, 0.2) is 0 Å². The maximum Gasteiger partial charge on any atom is 0.407 e. The van der Waals surface area contributed by atoms with Crippen molar-refractivity contribution in [2.45, 2.75) is 19.8 Å². The van der Waals surface area contributed by atoms with E-state index in [4.69, 9.17) is 9.47 Å². The van der Waals surface area contributed by atoms with Gasteiger partial charge in [-0.05, 0) is 18.9 Å². The number of rotatable bonds is 8. The van der Waals surface area contributed by atoms with Gasteiger partial charge in [-0.2, -0.15) is 0 Å². The largest absolute Gasteiger partial charge is 0.466 e. The third-order valence-corrected chi connectivity index (χ3v) is 2.48. The van der Waals surface area contributed by atoms with E-state index in [9.17, 15) is 9.59 Å². The van der Waals surface area contributed by atoms with Crippen molar-refractivity contribution in [3.8, 4) is 0 Å². The van der Waals surface area contributed by atoms with Crippen LogP contribution in [-0.4, -0.2) is 31.8 Å². The highest BCUT2D eigenvalue weighted by molar-refractivity contribution is 5.78. The van der Waals surface area contributed by atoms with Gasteiger partial charge in [0.25, 0.3) is 0 Å². The summed E-state index contributed by atoms with van der Waals surface area (Å²) in [7, 11) is 0. The van der Waals surface area contributed by atoms with E-state index < -0.39 is 6.09 Å². The molecule has 0 atom stereocenters. The van der Waals surface area contributed by atoms with Gasteiger partial charge in [0.1, 0.15) is 0 Å². The molecule has 0 aliphatic heterocycles. The zero-order valence-electron chi connectivity index (χ0n) is 11.6. The lowest BCUT2D eigenvalue weighted by atomic mass is 10.2. The van der Waals surface area contributed by atoms with Gasteiger partial charge < -0.3 is 14.8 Å². The molecule has 1 aromatic carbocycles. The van der Waals surface area contributed by atoms with Crippen molar-refractivity contribution in [1.82, 2.24) is 5.32 Å². The number of esters is 1. The van der Waals surface area contributed by atoms with Crippen molar-refractivity contribution in [3.63, 3.8) is 0 Å². The van der Waals surface area contributed by atoms with Gasteiger partial charge in [0, 0.05) is 13.0 Å². The highest BCUT2D eigenvalue weighted by Gasteiger charge is 2.04. The van der Waals surface area contributed by atoms with E-state index in [1.807, 2.05) is 30.3 Å². The van der Waals surface area contributed by atoms with E-state index in [1.54, 1.807) is 6.92 Å². The fourth-order valence-electron chi connectivity index (χ4n) is 1.52. The summed E-state index contributed by atoms with van der Waals surface area (Å²) in [4.78, 5) is 22.3. The maximum absolute atomic E-state index is 11.3. The first-order valence-corrected chi connectivity index (χ1v) is 6.67. The zero-order valence-corrected chi connectivity index (χ0v) is 11.6. The van der Waals surface area contributed by atoms with Crippen molar-refractivity contribution >= 4 is 12.1 Å². The maximum atomic E-state index is 11.3. The molecule has 1 N–H and O–H groups in total. The van der Waals surface area contributed by atoms with Crippen molar-refractivity contribution in [1.29, 1.82) is 0 Å². The molecule has 1 rings (SSSR count). The minimum atomic E-state index is -0.474. The topological polar surface area (TPSA) is 64.6 Å². The second-order valence-corrected chi connectivity index (χ2v) is 4.04. The van der Waals surface area contributed by atoms with Crippen molar-refractivity contribution in [2.24, 2.45) is 0 Å². The van der Waals surface area contributed by atoms with Crippen LogP contribution in [-0.2, 0) is 20.7 Å². The molecule has 0 fully saturated rings. The van der Waals surface area contributed by atoms with E-state index in [2.05, 4.69) is 5.32 Å². The Morgan fingerprint density at radius 1 is 1.20 bits per heavy atom. The lowest BCUT2D eigenvalue weighted by molar-refractivity contribution is -0.139. The summed E-state index contributed by atoms with van der Waals surface area (Å²) in [5, 5.41) is 2.57. The van der Waals surface area contributed by atoms with Gasteiger partial charge >= 0.3 is 12.1 Å². The Labute approximate surface area is 119 Å². The molecule has 0 unspecified atom stereocenters. The number of nitrogens with one attached hydrogen (secondary N) is 1. The number of amides is 1. The van der Waals surface area contributed by atoms with Crippen molar-refractivity contribution in [3.05, 3.63) is 42.3 Å². The van der Waals surface area contributed by atoms with Gasteiger partial charge in [0.05, 0.1) is 19.6 Å². The molecule has 0 aromatic heterocycles. The number of alkyl carbamates (subject to hydrolysis) is 1. The minimum absolute atomic E-state index is 0.331. The van der Waals surface area contributed by atoms with Gasteiger partial charge in [-0.1, -0.05) is 30.3 Å². The minimum Gasteiger partial charge on any atom is -0.466 e. The Morgan fingerprint density at radius 2 is 1.95 bits per heavy atom. The van der Waals surface area contributed by atoms with E-state index in [0.717, 1.165) is 5.56 Å². The Kier molecular flexibility index (Phi) is 7.87. The predicted octanol–water partition coefficient (Wildman–Crippen LogP) is 2.11. The normalized spacial score (nSPS) is 9.85. The molecular weight excluding hydrogens is 258 g/mol. The average Bonchev–Trinajstić information content (AvgIpc) is 2.45. The summed E-state index contributed by atoms with van der Waals surface area (Å²) in [6.07, 6.45) is 2.03. The lowest BCUT2D eigenvalue weighted by Crippen LogP contribution is -2.26. The zero-order chi connectivity index (χ0) is 14.6. The Morgan fingerprint density at radius 3 is 2.65 bits per heavy atom. The van der Waals surface area contributed by atoms with Crippen LogP contribution in [0.15, 0.2) is 30.3 Å². The molecule has 1 aromatic rings. The molecule has 109 valence electrons. The van der Waals surface area contributed by atoms with E-state index in [1.165, 1.54) is 6.42 Å². The van der Waals surface area contributed by atoms with E-state index in [0.29, 0.717) is 32.6 Å². The molecule has 0 aliphatic rings. The average molecular weight is 278 g/mol. The van der Waals surface area contributed by atoms with E-state index >= 15 is 0 Å². The number of carbonyl (C=O) groups is 2. The fraction of sp³-hybridized carbons (Fsp3) is 0.400. The SMILES string of the molecule is CCOC(=O)[CH]CCNC(=O)OCCc1ccccc1. The Hall–Kier alpha value is -2.04. The first-order valence-electron chi connectivity index (χ1n) is 6.67. The highest BCUT2D eigenvalue weighted by Crippen LogP contribution is 1.99. The molecule has 5 heteroatoms. The smallest absolute Gasteiger partial charge is 0.407 e. The summed E-state index contributed by atoms with van der Waals surface area (Å²) in [6.45, 7) is 2.78. The van der Waals surface area contributed by atoms with Crippen LogP contribution in [0.2, 0.25) is 0 Å². The van der Waals surface area contributed by atoms with Crippen LogP contribution in [0.3, 0.4) is 0 Å². The third-order valence-electron chi connectivity index (χ3n) is 2.48. The molecule has 0 bridgehead atoms. The van der Waals surface area contributed by atoms with Gasteiger partial charge in [-0.15, -0.1) is 0 Å². The number of benzene rings is 1. The molecule has 0 spiro atoms. The quantitative estimate of drug-likeness (QED) is 0.584. The monoisotopic (exact) mass is 278 g/mol. The summed E-state index contributed by atoms with van der Waals surface area (Å²) in [5.74, 6) is -0.369. The first kappa shape index (κ1) is 16.0. The molecule has 0 saturated carbocycles. The Balaban J connectivity index is 2.02. The third kappa shape index (κ3) is 7.41. The van der Waals surface area contributed by atoms with Gasteiger partial charge in [-0.3, -0.25) is 4.79 Å². The van der Waals surface area contributed by atoms with Crippen LogP contribution in [0.4, 0.5) is 4.79 Å². The molecule has 0 aliphatic carbocycles. The lowest BCUT2D eigenvalue weighted by Gasteiger charge is -2.06. The second-order valence-electron chi connectivity index (χ2n) is 4.04. The molecule has 1 amide bonds. The summed E-state index contributed by atoms with van der Waals surface area (Å²) >= 11 is 0. The Bertz CT molecular complexity index is 406. The summed E-state index contributed by atoms with van der Waals surface area (Å²) in [6, 6.07) is 9.80. The predicted molar refractivity (Wildman–Crippen MR) is 75.0 cm³/mol. The molecule has 5 nitrogen and oxygen atoms in total. The number of ether oxygens (including phenoxy) is 2. The molecule has 0 saturated heterocycles. The number of hydrogen-bond acceptors (Lipinski definition) is 4.